The van der Waals surface area contributed by atoms with Crippen molar-refractivity contribution in [3.05, 3.63) is 71.8 Å². The molecular formula is C20H19N3O4. The van der Waals surface area contributed by atoms with Gasteiger partial charge in [-0.1, -0.05) is 31.2 Å². The third kappa shape index (κ3) is 4.33. The number of amides is 4. The van der Waals surface area contributed by atoms with Crippen LogP contribution >= 0.6 is 0 Å². The highest BCUT2D eigenvalue weighted by molar-refractivity contribution is 6.14. The number of imide groups is 1. The van der Waals surface area contributed by atoms with Crippen LogP contribution in [0.2, 0.25) is 0 Å². The number of nitrogens with zero attached hydrogens (tertiary/aromatic N) is 1. The Morgan fingerprint density at radius 1 is 1.22 bits per heavy atom. The Bertz CT molecular complexity index is 913. The van der Waals surface area contributed by atoms with Gasteiger partial charge in [-0.15, -0.1) is 0 Å². The maximum absolute atomic E-state index is 12.4. The average molecular weight is 365 g/mol. The fourth-order valence-electron chi connectivity index (χ4n) is 2.64. The average Bonchev–Trinajstić information content (AvgIpc) is 3.26. The van der Waals surface area contributed by atoms with Crippen LogP contribution in [0, 0.1) is 0 Å². The van der Waals surface area contributed by atoms with Gasteiger partial charge in [-0.2, -0.15) is 0 Å². The van der Waals surface area contributed by atoms with E-state index in [2.05, 4.69) is 10.6 Å². The molecule has 1 aromatic carbocycles. The molecule has 0 spiro atoms. The Balaban J connectivity index is 1.64. The Labute approximate surface area is 156 Å². The fraction of sp³-hybridized carbons (Fsp3) is 0.150. The van der Waals surface area contributed by atoms with Crippen molar-refractivity contribution >= 4 is 29.6 Å². The topological polar surface area (TPSA) is 91.7 Å². The van der Waals surface area contributed by atoms with E-state index in [1.165, 1.54) is 12.3 Å². The smallest absolute Gasteiger partial charge is 0.329 e. The summed E-state index contributed by atoms with van der Waals surface area (Å²) >= 11 is 0. The molecule has 7 heteroatoms. The first-order valence-electron chi connectivity index (χ1n) is 8.51. The van der Waals surface area contributed by atoms with Crippen LogP contribution < -0.4 is 10.6 Å². The largest absolute Gasteiger partial charge is 0.465 e. The van der Waals surface area contributed by atoms with E-state index in [1.54, 1.807) is 30.4 Å². The molecule has 1 aliphatic rings. The normalized spacial score (nSPS) is 15.6. The van der Waals surface area contributed by atoms with Crippen LogP contribution in [0.1, 0.15) is 18.2 Å². The lowest BCUT2D eigenvalue weighted by Crippen LogP contribution is -2.38. The van der Waals surface area contributed by atoms with Crippen LogP contribution in [0.5, 0.6) is 0 Å². The Hall–Kier alpha value is -3.61. The SMILES string of the molecule is CCc1ccccc1NC(=O)CN1C(=O)N/C(=C/C=C/c2ccco2)C1=O. The molecule has 0 bridgehead atoms. The van der Waals surface area contributed by atoms with Crippen molar-refractivity contribution in [1.82, 2.24) is 10.2 Å². The maximum Gasteiger partial charge on any atom is 0.329 e. The molecule has 2 heterocycles. The molecule has 0 unspecified atom stereocenters. The molecule has 0 saturated carbocycles. The summed E-state index contributed by atoms with van der Waals surface area (Å²) in [6, 6.07) is 10.3. The van der Waals surface area contributed by atoms with Gasteiger partial charge in [0, 0.05) is 5.69 Å². The first kappa shape index (κ1) is 18.2. The molecule has 1 fully saturated rings. The van der Waals surface area contributed by atoms with E-state index in [0.717, 1.165) is 16.9 Å². The highest BCUT2D eigenvalue weighted by Crippen LogP contribution is 2.16. The molecule has 0 radical (unpaired) electrons. The second-order valence-corrected chi connectivity index (χ2v) is 5.84. The highest BCUT2D eigenvalue weighted by Gasteiger charge is 2.34. The highest BCUT2D eigenvalue weighted by atomic mass is 16.3. The number of nitrogens with one attached hydrogen (secondary N) is 2. The Kier molecular flexibility index (Phi) is 5.51. The van der Waals surface area contributed by atoms with Crippen LogP contribution in [-0.4, -0.2) is 29.3 Å². The zero-order valence-electron chi connectivity index (χ0n) is 14.8. The van der Waals surface area contributed by atoms with Crippen molar-refractivity contribution in [3.63, 3.8) is 0 Å². The Morgan fingerprint density at radius 2 is 2.04 bits per heavy atom. The van der Waals surface area contributed by atoms with Crippen molar-refractivity contribution < 1.29 is 18.8 Å². The molecule has 0 atom stereocenters. The second-order valence-electron chi connectivity index (χ2n) is 5.84. The number of urea groups is 1. The summed E-state index contributed by atoms with van der Waals surface area (Å²) in [5, 5.41) is 5.21. The second kappa shape index (κ2) is 8.18. The number of benzene rings is 1. The first-order chi connectivity index (χ1) is 13.1. The monoisotopic (exact) mass is 365 g/mol. The minimum absolute atomic E-state index is 0.101. The van der Waals surface area contributed by atoms with Gasteiger partial charge in [0.05, 0.1) is 6.26 Å². The summed E-state index contributed by atoms with van der Waals surface area (Å²) in [5.41, 5.74) is 1.76. The van der Waals surface area contributed by atoms with Crippen molar-refractivity contribution in [2.45, 2.75) is 13.3 Å². The minimum Gasteiger partial charge on any atom is -0.465 e. The van der Waals surface area contributed by atoms with Crippen LogP contribution in [-0.2, 0) is 16.0 Å². The van der Waals surface area contributed by atoms with E-state index in [1.807, 2.05) is 25.1 Å². The molecule has 1 aliphatic heterocycles. The molecule has 138 valence electrons. The van der Waals surface area contributed by atoms with E-state index in [-0.39, 0.29) is 12.2 Å². The van der Waals surface area contributed by atoms with E-state index < -0.39 is 17.8 Å². The van der Waals surface area contributed by atoms with Crippen LogP contribution in [0.4, 0.5) is 10.5 Å². The molecule has 4 amide bonds. The van der Waals surface area contributed by atoms with Crippen molar-refractivity contribution in [2.75, 3.05) is 11.9 Å². The summed E-state index contributed by atoms with van der Waals surface area (Å²) < 4.78 is 5.14. The summed E-state index contributed by atoms with van der Waals surface area (Å²) in [4.78, 5) is 37.5. The van der Waals surface area contributed by atoms with Crippen molar-refractivity contribution in [2.24, 2.45) is 0 Å². The molecule has 0 aliphatic carbocycles. The summed E-state index contributed by atoms with van der Waals surface area (Å²) in [6.45, 7) is 1.62. The lowest BCUT2D eigenvalue weighted by atomic mass is 10.1. The number of anilines is 1. The third-order valence-electron chi connectivity index (χ3n) is 4.00. The van der Waals surface area contributed by atoms with Crippen LogP contribution in [0.25, 0.3) is 6.08 Å². The van der Waals surface area contributed by atoms with Gasteiger partial charge in [-0.05, 0) is 42.3 Å². The third-order valence-corrected chi connectivity index (χ3v) is 4.00. The molecule has 27 heavy (non-hydrogen) atoms. The molecule has 1 aromatic heterocycles. The number of hydrogen-bond acceptors (Lipinski definition) is 4. The van der Waals surface area contributed by atoms with Gasteiger partial charge in [-0.25, -0.2) is 9.69 Å². The number of hydrogen-bond donors (Lipinski definition) is 2. The first-order valence-corrected chi connectivity index (χ1v) is 8.51. The number of aryl methyl sites for hydroxylation is 1. The predicted octanol–water partition coefficient (Wildman–Crippen LogP) is 2.93. The molecule has 3 rings (SSSR count). The van der Waals surface area contributed by atoms with Gasteiger partial charge in [0.1, 0.15) is 18.0 Å². The molecule has 1 saturated heterocycles. The molecular weight excluding hydrogens is 346 g/mol. The van der Waals surface area contributed by atoms with Gasteiger partial charge < -0.3 is 15.1 Å². The molecule has 7 nitrogen and oxygen atoms in total. The number of carbonyl (C=O) groups excluding carboxylic acids is 3. The zero-order valence-corrected chi connectivity index (χ0v) is 14.8. The van der Waals surface area contributed by atoms with E-state index >= 15 is 0 Å². The number of rotatable bonds is 6. The predicted molar refractivity (Wildman–Crippen MR) is 101 cm³/mol. The van der Waals surface area contributed by atoms with Gasteiger partial charge >= 0.3 is 6.03 Å². The van der Waals surface area contributed by atoms with Gasteiger partial charge in [-0.3, -0.25) is 9.59 Å². The Morgan fingerprint density at radius 3 is 2.78 bits per heavy atom. The fourth-order valence-corrected chi connectivity index (χ4v) is 2.64. The molecule has 2 N–H and O–H groups in total. The van der Waals surface area contributed by atoms with E-state index in [0.29, 0.717) is 11.4 Å². The van der Waals surface area contributed by atoms with Gasteiger partial charge in [0.15, 0.2) is 0 Å². The van der Waals surface area contributed by atoms with Crippen LogP contribution in [0.15, 0.2) is 64.9 Å². The van der Waals surface area contributed by atoms with E-state index in [4.69, 9.17) is 4.42 Å². The lowest BCUT2D eigenvalue weighted by molar-refractivity contribution is -0.127. The maximum atomic E-state index is 12.4. The van der Waals surface area contributed by atoms with Crippen LogP contribution in [0.3, 0.4) is 0 Å². The summed E-state index contributed by atoms with van der Waals surface area (Å²) in [7, 11) is 0. The number of furan rings is 1. The standard InChI is InChI=1S/C20H19N3O4/c1-2-14-7-3-4-10-16(14)21-18(24)13-23-19(25)17(22-20(23)26)11-5-8-15-9-6-12-27-15/h3-12H,2,13H2,1H3,(H,21,24)(H,22,26)/b8-5+,17-11+. The van der Waals surface area contributed by atoms with Crippen molar-refractivity contribution in [3.8, 4) is 0 Å². The van der Waals surface area contributed by atoms with Crippen molar-refractivity contribution in [1.29, 1.82) is 0 Å². The minimum atomic E-state index is -0.628. The number of allylic oxidation sites excluding steroid dienone is 2. The quantitative estimate of drug-likeness (QED) is 0.608. The summed E-state index contributed by atoms with van der Waals surface area (Å²) in [6.07, 6.45) is 7.00. The lowest BCUT2D eigenvalue weighted by Gasteiger charge is -2.13. The zero-order chi connectivity index (χ0) is 19.2. The van der Waals surface area contributed by atoms with Gasteiger partial charge in [0.25, 0.3) is 5.91 Å². The van der Waals surface area contributed by atoms with E-state index in [9.17, 15) is 14.4 Å². The number of carbonyl (C=O) groups is 3. The van der Waals surface area contributed by atoms with Gasteiger partial charge in [0.2, 0.25) is 5.91 Å². The number of para-hydroxylation sites is 1. The summed E-state index contributed by atoms with van der Waals surface area (Å²) in [5.74, 6) is -0.371. The molecule has 2 aromatic rings.